The quantitative estimate of drug-likeness (QED) is 0.547. The molecule has 28 heavy (non-hydrogen) atoms. The van der Waals surface area contributed by atoms with Crippen LogP contribution in [-0.2, 0) is 6.54 Å². The third kappa shape index (κ3) is 3.94. The Hall–Kier alpha value is -3.44. The molecule has 0 saturated carbocycles. The van der Waals surface area contributed by atoms with Gasteiger partial charge in [-0.05, 0) is 36.4 Å². The van der Waals surface area contributed by atoms with Crippen molar-refractivity contribution in [1.82, 2.24) is 20.1 Å². The molecular weight excluding hydrogens is 372 g/mol. The van der Waals surface area contributed by atoms with Gasteiger partial charge >= 0.3 is 0 Å². The van der Waals surface area contributed by atoms with Gasteiger partial charge in [0.05, 0.1) is 23.6 Å². The van der Waals surface area contributed by atoms with E-state index < -0.39 is 0 Å². The first-order valence-electron chi connectivity index (χ1n) is 8.80. The van der Waals surface area contributed by atoms with Gasteiger partial charge in [0.15, 0.2) is 0 Å². The van der Waals surface area contributed by atoms with E-state index >= 15 is 0 Å². The van der Waals surface area contributed by atoms with E-state index in [1.807, 2.05) is 60.7 Å². The lowest BCUT2D eigenvalue weighted by Crippen LogP contribution is -2.25. The van der Waals surface area contributed by atoms with Gasteiger partial charge in [0.2, 0.25) is 0 Å². The van der Waals surface area contributed by atoms with Crippen LogP contribution in [0.15, 0.2) is 85.1 Å². The van der Waals surface area contributed by atoms with E-state index in [9.17, 15) is 4.79 Å². The lowest BCUT2D eigenvalue weighted by Gasteiger charge is -2.08. The van der Waals surface area contributed by atoms with Crippen molar-refractivity contribution in [1.29, 1.82) is 0 Å². The van der Waals surface area contributed by atoms with E-state index in [0.29, 0.717) is 23.0 Å². The summed E-state index contributed by atoms with van der Waals surface area (Å²) in [5, 5.41) is 8.14. The molecule has 2 heterocycles. The molecule has 0 aliphatic rings. The van der Waals surface area contributed by atoms with E-state index in [0.717, 1.165) is 16.9 Å². The minimum atomic E-state index is -0.236. The predicted octanol–water partition coefficient (Wildman–Crippen LogP) is 4.52. The molecule has 0 unspecified atom stereocenters. The van der Waals surface area contributed by atoms with E-state index in [1.165, 1.54) is 0 Å². The molecule has 0 saturated heterocycles. The first-order chi connectivity index (χ1) is 13.7. The molecule has 2 aromatic heterocycles. The van der Waals surface area contributed by atoms with Gasteiger partial charge in [-0.3, -0.25) is 9.78 Å². The maximum absolute atomic E-state index is 12.9. The number of halogens is 1. The van der Waals surface area contributed by atoms with Gasteiger partial charge in [0, 0.05) is 16.8 Å². The van der Waals surface area contributed by atoms with Gasteiger partial charge < -0.3 is 5.32 Å². The monoisotopic (exact) mass is 388 g/mol. The van der Waals surface area contributed by atoms with Crippen LogP contribution in [0.25, 0.3) is 16.9 Å². The van der Waals surface area contributed by atoms with Gasteiger partial charge in [-0.15, -0.1) is 0 Å². The summed E-state index contributed by atoms with van der Waals surface area (Å²) in [5.41, 5.74) is 3.58. The molecule has 0 atom stereocenters. The Morgan fingerprint density at radius 3 is 2.54 bits per heavy atom. The average molecular weight is 389 g/mol. The zero-order valence-corrected chi connectivity index (χ0v) is 15.7. The van der Waals surface area contributed by atoms with Crippen LogP contribution < -0.4 is 5.32 Å². The van der Waals surface area contributed by atoms with Crippen LogP contribution in [0.2, 0.25) is 5.02 Å². The summed E-state index contributed by atoms with van der Waals surface area (Å²) in [6.45, 7) is 0.334. The molecule has 1 N–H and O–H groups in total. The number of hydrogen-bond donors (Lipinski definition) is 1. The first-order valence-corrected chi connectivity index (χ1v) is 9.18. The summed E-state index contributed by atoms with van der Waals surface area (Å²) < 4.78 is 1.61. The molecule has 5 nitrogen and oxygen atoms in total. The maximum atomic E-state index is 12.9. The Balaban J connectivity index is 1.70. The van der Waals surface area contributed by atoms with Crippen LogP contribution in [0.5, 0.6) is 0 Å². The molecule has 0 spiro atoms. The summed E-state index contributed by atoms with van der Waals surface area (Å²) >= 11 is 6.14. The second kappa shape index (κ2) is 8.06. The van der Waals surface area contributed by atoms with Crippen LogP contribution in [0.1, 0.15) is 16.2 Å². The lowest BCUT2D eigenvalue weighted by molar-refractivity contribution is 0.0942. The van der Waals surface area contributed by atoms with Crippen molar-refractivity contribution in [2.45, 2.75) is 6.54 Å². The van der Waals surface area contributed by atoms with Crippen LogP contribution in [-0.4, -0.2) is 20.7 Å². The number of nitrogens with zero attached hydrogens (tertiary/aromatic N) is 3. The third-order valence-corrected chi connectivity index (χ3v) is 4.46. The number of rotatable bonds is 5. The Morgan fingerprint density at radius 2 is 1.79 bits per heavy atom. The highest BCUT2D eigenvalue weighted by atomic mass is 35.5. The van der Waals surface area contributed by atoms with Crippen LogP contribution >= 0.6 is 11.6 Å². The second-order valence-corrected chi connectivity index (χ2v) is 6.61. The summed E-state index contributed by atoms with van der Waals surface area (Å²) in [6.07, 6.45) is 1.70. The van der Waals surface area contributed by atoms with E-state index in [2.05, 4.69) is 15.4 Å². The molecule has 0 aliphatic heterocycles. The molecule has 0 bridgehead atoms. The molecule has 0 fully saturated rings. The fourth-order valence-electron chi connectivity index (χ4n) is 2.86. The molecule has 4 rings (SSSR count). The van der Waals surface area contributed by atoms with Crippen LogP contribution in [0, 0.1) is 0 Å². The zero-order valence-electron chi connectivity index (χ0n) is 14.9. The average Bonchev–Trinajstić information content (AvgIpc) is 3.19. The van der Waals surface area contributed by atoms with Crippen molar-refractivity contribution in [2.24, 2.45) is 0 Å². The molecule has 2 aromatic carbocycles. The molecular formula is C22H17ClN4O. The Bertz CT molecular complexity index is 1090. The number of benzene rings is 2. The van der Waals surface area contributed by atoms with Crippen molar-refractivity contribution in [2.75, 3.05) is 0 Å². The molecule has 4 aromatic rings. The largest absolute Gasteiger partial charge is 0.345 e. The van der Waals surface area contributed by atoms with Crippen molar-refractivity contribution in [3.8, 4) is 16.9 Å². The fraction of sp³-hybridized carbons (Fsp3) is 0.0455. The van der Waals surface area contributed by atoms with Crippen molar-refractivity contribution >= 4 is 17.5 Å². The number of carbonyl (C=O) groups is 1. The predicted molar refractivity (Wildman–Crippen MR) is 109 cm³/mol. The summed E-state index contributed by atoms with van der Waals surface area (Å²) in [4.78, 5) is 17.1. The van der Waals surface area contributed by atoms with Gasteiger partial charge in [-0.25, -0.2) is 4.68 Å². The van der Waals surface area contributed by atoms with Gasteiger partial charge in [0.1, 0.15) is 5.69 Å². The zero-order chi connectivity index (χ0) is 19.3. The highest BCUT2D eigenvalue weighted by molar-refractivity contribution is 6.30. The number of aromatic nitrogens is 3. The minimum Gasteiger partial charge on any atom is -0.345 e. The second-order valence-electron chi connectivity index (χ2n) is 6.18. The number of amides is 1. The molecule has 6 heteroatoms. The lowest BCUT2D eigenvalue weighted by atomic mass is 10.1. The van der Waals surface area contributed by atoms with E-state index in [-0.39, 0.29) is 5.91 Å². The highest BCUT2D eigenvalue weighted by Crippen LogP contribution is 2.23. The fourth-order valence-corrected chi connectivity index (χ4v) is 3.05. The minimum absolute atomic E-state index is 0.236. The van der Waals surface area contributed by atoms with Gasteiger partial charge in [-0.1, -0.05) is 54.1 Å². The Kier molecular flexibility index (Phi) is 5.17. The standard InChI is InChI=1S/C22H17ClN4O/c23-17-9-6-11-19(13-17)27-21(14-20(26-27)16-7-2-1-3-8-16)22(28)25-15-18-10-4-5-12-24-18/h1-14H,15H2,(H,25,28). The Morgan fingerprint density at radius 1 is 0.964 bits per heavy atom. The van der Waals surface area contributed by atoms with E-state index in [4.69, 9.17) is 11.6 Å². The van der Waals surface area contributed by atoms with Crippen molar-refractivity contribution in [3.63, 3.8) is 0 Å². The summed E-state index contributed by atoms with van der Waals surface area (Å²) in [5.74, 6) is -0.236. The van der Waals surface area contributed by atoms with Gasteiger partial charge in [-0.2, -0.15) is 5.10 Å². The normalized spacial score (nSPS) is 10.6. The SMILES string of the molecule is O=C(NCc1ccccn1)c1cc(-c2ccccc2)nn1-c1cccc(Cl)c1. The smallest absolute Gasteiger partial charge is 0.270 e. The number of nitrogens with one attached hydrogen (secondary N) is 1. The van der Waals surface area contributed by atoms with Crippen LogP contribution in [0.3, 0.4) is 0 Å². The highest BCUT2D eigenvalue weighted by Gasteiger charge is 2.17. The van der Waals surface area contributed by atoms with E-state index in [1.54, 1.807) is 29.1 Å². The third-order valence-electron chi connectivity index (χ3n) is 4.22. The summed E-state index contributed by atoms with van der Waals surface area (Å²) in [6, 6.07) is 24.4. The van der Waals surface area contributed by atoms with Crippen LogP contribution in [0.4, 0.5) is 0 Å². The molecule has 138 valence electrons. The van der Waals surface area contributed by atoms with Gasteiger partial charge in [0.25, 0.3) is 5.91 Å². The van der Waals surface area contributed by atoms with Crippen molar-refractivity contribution < 1.29 is 4.79 Å². The topological polar surface area (TPSA) is 59.8 Å². The number of carbonyl (C=O) groups excluding carboxylic acids is 1. The number of hydrogen-bond acceptors (Lipinski definition) is 3. The first kappa shape index (κ1) is 17.9. The summed E-state index contributed by atoms with van der Waals surface area (Å²) in [7, 11) is 0. The molecule has 0 radical (unpaired) electrons. The molecule has 1 amide bonds. The Labute approximate surface area is 167 Å². The number of pyridine rings is 1. The van der Waals surface area contributed by atoms with Crippen molar-refractivity contribution in [3.05, 3.63) is 101 Å². The maximum Gasteiger partial charge on any atom is 0.270 e. The molecule has 0 aliphatic carbocycles.